The molecule has 2 amide bonds. The number of anilines is 1. The van der Waals surface area contributed by atoms with Crippen LogP contribution in [-0.4, -0.2) is 18.1 Å². The van der Waals surface area contributed by atoms with E-state index in [9.17, 15) is 14.4 Å². The van der Waals surface area contributed by atoms with Gasteiger partial charge in [0.1, 0.15) is 6.29 Å². The molecule has 0 radical (unpaired) electrons. The van der Waals surface area contributed by atoms with E-state index in [1.165, 1.54) is 4.90 Å². The fourth-order valence-corrected chi connectivity index (χ4v) is 6.23. The van der Waals surface area contributed by atoms with Crippen molar-refractivity contribution in [2.24, 2.45) is 11.8 Å². The summed E-state index contributed by atoms with van der Waals surface area (Å²) in [5.74, 6) is -2.02. The molecule has 4 nitrogen and oxygen atoms in total. The maximum absolute atomic E-state index is 13.9. The molecule has 4 heteroatoms. The molecule has 1 fully saturated rings. The topological polar surface area (TPSA) is 54.5 Å². The van der Waals surface area contributed by atoms with Crippen LogP contribution in [-0.2, 0) is 19.8 Å². The van der Waals surface area contributed by atoms with E-state index in [1.54, 1.807) is 0 Å². The second-order valence-corrected chi connectivity index (χ2v) is 8.94. The summed E-state index contributed by atoms with van der Waals surface area (Å²) in [5.41, 5.74) is 5.02. The third kappa shape index (κ3) is 2.03. The predicted molar refractivity (Wildman–Crippen MR) is 117 cm³/mol. The molecule has 1 heterocycles. The summed E-state index contributed by atoms with van der Waals surface area (Å²) in [7, 11) is 0. The van der Waals surface area contributed by atoms with Crippen molar-refractivity contribution in [2.75, 3.05) is 4.90 Å². The van der Waals surface area contributed by atoms with Gasteiger partial charge in [-0.25, -0.2) is 4.90 Å². The monoisotopic (exact) mass is 407 g/mol. The number of carbonyl (C=O) groups excluding carboxylic acids is 3. The molecule has 0 spiro atoms. The normalized spacial score (nSPS) is 27.7. The van der Waals surface area contributed by atoms with Crippen molar-refractivity contribution >= 4 is 23.8 Å². The zero-order valence-electron chi connectivity index (χ0n) is 17.3. The summed E-state index contributed by atoms with van der Waals surface area (Å²) >= 11 is 0. The Morgan fingerprint density at radius 3 is 2.06 bits per heavy atom. The summed E-state index contributed by atoms with van der Waals surface area (Å²) in [6, 6.07) is 21.4. The minimum atomic E-state index is -1.15. The van der Waals surface area contributed by atoms with Gasteiger partial charge in [0.15, 0.2) is 0 Å². The number of aryl methyl sites for hydroxylation is 2. The number of hydrogen-bond acceptors (Lipinski definition) is 3. The van der Waals surface area contributed by atoms with Crippen LogP contribution in [0, 0.1) is 25.7 Å². The highest BCUT2D eigenvalue weighted by molar-refractivity contribution is 6.25. The van der Waals surface area contributed by atoms with Crippen molar-refractivity contribution in [3.05, 3.63) is 100 Å². The van der Waals surface area contributed by atoms with Crippen LogP contribution in [0.5, 0.6) is 0 Å². The first-order valence-electron chi connectivity index (χ1n) is 10.6. The van der Waals surface area contributed by atoms with E-state index in [2.05, 4.69) is 0 Å². The van der Waals surface area contributed by atoms with Gasteiger partial charge in [0.2, 0.25) is 11.8 Å². The summed E-state index contributed by atoms with van der Waals surface area (Å²) < 4.78 is 0. The van der Waals surface area contributed by atoms with Gasteiger partial charge in [-0.1, -0.05) is 60.7 Å². The molecule has 1 aliphatic heterocycles. The van der Waals surface area contributed by atoms with Gasteiger partial charge in [-0.05, 0) is 53.3 Å². The van der Waals surface area contributed by atoms with E-state index < -0.39 is 17.3 Å². The molecule has 3 aliphatic carbocycles. The zero-order chi connectivity index (χ0) is 21.5. The van der Waals surface area contributed by atoms with Gasteiger partial charge in [0, 0.05) is 5.92 Å². The lowest BCUT2D eigenvalue weighted by molar-refractivity contribution is -0.128. The van der Waals surface area contributed by atoms with Gasteiger partial charge in [-0.3, -0.25) is 9.59 Å². The Morgan fingerprint density at radius 1 is 0.839 bits per heavy atom. The van der Waals surface area contributed by atoms with Crippen LogP contribution in [0.25, 0.3) is 0 Å². The van der Waals surface area contributed by atoms with Crippen LogP contribution in [0.1, 0.15) is 39.3 Å². The second kappa shape index (κ2) is 6.01. The summed E-state index contributed by atoms with van der Waals surface area (Å²) in [5, 5.41) is 0. The van der Waals surface area contributed by atoms with Crippen LogP contribution < -0.4 is 4.90 Å². The smallest absolute Gasteiger partial charge is 0.239 e. The van der Waals surface area contributed by atoms with Gasteiger partial charge in [0.05, 0.1) is 22.9 Å². The zero-order valence-corrected chi connectivity index (χ0v) is 17.3. The van der Waals surface area contributed by atoms with Crippen LogP contribution in [0.3, 0.4) is 0 Å². The molecule has 1 saturated heterocycles. The van der Waals surface area contributed by atoms with Gasteiger partial charge < -0.3 is 4.79 Å². The minimum absolute atomic E-state index is 0.205. The molecule has 152 valence electrons. The number of amides is 2. The number of benzene rings is 3. The third-order valence-corrected chi connectivity index (χ3v) is 7.48. The van der Waals surface area contributed by atoms with E-state index in [4.69, 9.17) is 0 Å². The SMILES string of the molecule is Cc1ccc(C)c(N2C(=O)C3C4c5ccccc5C(C=O)(c5ccccc54)C3C2=O)c1. The fourth-order valence-electron chi connectivity index (χ4n) is 6.23. The Balaban J connectivity index is 1.66. The van der Waals surface area contributed by atoms with Crippen molar-refractivity contribution in [3.8, 4) is 0 Å². The molecule has 2 unspecified atom stereocenters. The number of carbonyl (C=O) groups is 3. The number of rotatable bonds is 2. The van der Waals surface area contributed by atoms with Gasteiger partial charge in [-0.15, -0.1) is 0 Å². The highest BCUT2D eigenvalue weighted by Crippen LogP contribution is 2.63. The molecule has 3 aromatic rings. The number of nitrogens with zero attached hydrogens (tertiary/aromatic N) is 1. The lowest BCUT2D eigenvalue weighted by Crippen LogP contribution is -2.54. The van der Waals surface area contributed by atoms with Crippen molar-refractivity contribution in [3.63, 3.8) is 0 Å². The molecule has 0 N–H and O–H groups in total. The lowest BCUT2D eigenvalue weighted by Gasteiger charge is -2.51. The van der Waals surface area contributed by atoms with Crippen molar-refractivity contribution in [1.29, 1.82) is 0 Å². The molecule has 0 aromatic heterocycles. The van der Waals surface area contributed by atoms with Crippen LogP contribution in [0.15, 0.2) is 66.7 Å². The van der Waals surface area contributed by atoms with E-state index in [0.29, 0.717) is 5.69 Å². The van der Waals surface area contributed by atoms with Gasteiger partial charge in [0.25, 0.3) is 0 Å². The Morgan fingerprint density at radius 2 is 1.45 bits per heavy atom. The molecular weight excluding hydrogens is 386 g/mol. The first-order chi connectivity index (χ1) is 15.0. The van der Waals surface area contributed by atoms with Crippen molar-refractivity contribution in [2.45, 2.75) is 25.2 Å². The molecule has 4 aliphatic rings. The Bertz CT molecular complexity index is 1260. The molecule has 2 atom stereocenters. The Kier molecular flexibility index (Phi) is 3.54. The van der Waals surface area contributed by atoms with Crippen LogP contribution in [0.2, 0.25) is 0 Å². The largest absolute Gasteiger partial charge is 0.302 e. The molecule has 7 rings (SSSR count). The van der Waals surface area contributed by atoms with Gasteiger partial charge in [-0.2, -0.15) is 0 Å². The Labute approximate surface area is 180 Å². The van der Waals surface area contributed by atoms with Crippen LogP contribution >= 0.6 is 0 Å². The number of aldehydes is 1. The number of hydrogen-bond donors (Lipinski definition) is 0. The summed E-state index contributed by atoms with van der Waals surface area (Å²) in [4.78, 5) is 42.1. The van der Waals surface area contributed by atoms with Crippen molar-refractivity contribution < 1.29 is 14.4 Å². The Hall–Kier alpha value is -3.53. The van der Waals surface area contributed by atoms with E-state index in [1.807, 2.05) is 80.6 Å². The second-order valence-electron chi connectivity index (χ2n) is 8.94. The van der Waals surface area contributed by atoms with Crippen molar-refractivity contribution in [1.82, 2.24) is 0 Å². The van der Waals surface area contributed by atoms with E-state index in [-0.39, 0.29) is 17.7 Å². The van der Waals surface area contributed by atoms with E-state index >= 15 is 0 Å². The van der Waals surface area contributed by atoms with Crippen LogP contribution in [0.4, 0.5) is 5.69 Å². The fraction of sp³-hybridized carbons (Fsp3) is 0.222. The highest BCUT2D eigenvalue weighted by atomic mass is 16.2. The molecule has 0 saturated carbocycles. The molecule has 3 aromatic carbocycles. The third-order valence-electron chi connectivity index (χ3n) is 7.48. The minimum Gasteiger partial charge on any atom is -0.302 e. The molecule has 31 heavy (non-hydrogen) atoms. The standard InChI is InChI=1S/C27H21NO3/c1-15-11-12-16(2)21(13-15)28-25(30)23-22-17-7-3-5-9-19(17)27(14-29,24(23)26(28)31)20-10-6-4-8-18(20)22/h3-14,22-24H,1-2H3. The van der Waals surface area contributed by atoms with E-state index in [0.717, 1.165) is 39.7 Å². The average molecular weight is 407 g/mol. The summed E-state index contributed by atoms with van der Waals surface area (Å²) in [6.07, 6.45) is 0.912. The molecular formula is C27H21NO3. The average Bonchev–Trinajstić information content (AvgIpc) is 3.06. The highest BCUT2D eigenvalue weighted by Gasteiger charge is 2.68. The predicted octanol–water partition coefficient (Wildman–Crippen LogP) is 4.05. The van der Waals surface area contributed by atoms with Gasteiger partial charge >= 0.3 is 0 Å². The maximum Gasteiger partial charge on any atom is 0.239 e. The molecule has 2 bridgehead atoms. The first kappa shape index (κ1) is 18.3. The maximum atomic E-state index is 13.9. The quantitative estimate of drug-likeness (QED) is 0.476. The summed E-state index contributed by atoms with van der Waals surface area (Å²) in [6.45, 7) is 3.86. The lowest BCUT2D eigenvalue weighted by atomic mass is 9.48. The first-order valence-corrected chi connectivity index (χ1v) is 10.6. The number of imide groups is 1.